The van der Waals surface area contributed by atoms with Crippen LogP contribution < -0.4 is 4.74 Å². The first kappa shape index (κ1) is 17.6. The Hall–Kier alpha value is -2.47. The summed E-state index contributed by atoms with van der Waals surface area (Å²) in [6.07, 6.45) is 5.90. The van der Waals surface area contributed by atoms with Gasteiger partial charge in [0.15, 0.2) is 5.65 Å². The van der Waals surface area contributed by atoms with Crippen molar-refractivity contribution in [3.63, 3.8) is 0 Å². The molecule has 146 valence electrons. The van der Waals surface area contributed by atoms with Crippen molar-refractivity contribution < 1.29 is 9.13 Å². The second-order valence-electron chi connectivity index (χ2n) is 7.72. The third-order valence-corrected chi connectivity index (χ3v) is 6.20. The minimum Gasteiger partial charge on any atom is -0.497 e. The van der Waals surface area contributed by atoms with Gasteiger partial charge in [-0.1, -0.05) is 12.1 Å². The third-order valence-electron chi connectivity index (χ3n) is 6.20. The van der Waals surface area contributed by atoms with E-state index >= 15 is 0 Å². The van der Waals surface area contributed by atoms with Crippen molar-refractivity contribution in [1.29, 1.82) is 0 Å². The van der Waals surface area contributed by atoms with E-state index < -0.39 is 6.67 Å². The maximum Gasteiger partial charge on any atom is 0.159 e. The van der Waals surface area contributed by atoms with Crippen LogP contribution in [0.2, 0.25) is 0 Å². The number of halogens is 1. The molecule has 0 radical (unpaired) electrons. The van der Waals surface area contributed by atoms with E-state index in [1.807, 2.05) is 12.1 Å². The topological polar surface area (TPSA) is 43.2 Å². The molecule has 2 aromatic heterocycles. The highest BCUT2D eigenvalue weighted by atomic mass is 19.1. The predicted molar refractivity (Wildman–Crippen MR) is 106 cm³/mol. The summed E-state index contributed by atoms with van der Waals surface area (Å²) >= 11 is 0. The molecule has 0 aliphatic carbocycles. The molecule has 6 heteroatoms. The van der Waals surface area contributed by atoms with Crippen molar-refractivity contribution >= 4 is 11.2 Å². The van der Waals surface area contributed by atoms with Crippen LogP contribution in [-0.2, 0) is 26.1 Å². The minimum absolute atomic E-state index is 0.414. The maximum absolute atomic E-state index is 13.3. The Bertz CT molecular complexity index is 998. The smallest absolute Gasteiger partial charge is 0.159 e. The van der Waals surface area contributed by atoms with Crippen LogP contribution >= 0.6 is 0 Å². The third kappa shape index (κ3) is 2.87. The number of nitrogens with zero attached hydrogens (tertiary/aromatic N) is 4. The van der Waals surface area contributed by atoms with Crippen LogP contribution in [0.1, 0.15) is 41.4 Å². The van der Waals surface area contributed by atoms with Gasteiger partial charge < -0.3 is 9.30 Å². The average Bonchev–Trinajstić information content (AvgIpc) is 3.34. The van der Waals surface area contributed by atoms with Gasteiger partial charge in [-0.2, -0.15) is 0 Å². The van der Waals surface area contributed by atoms with E-state index in [9.17, 15) is 4.39 Å². The summed E-state index contributed by atoms with van der Waals surface area (Å²) < 4.78 is 20.8. The predicted octanol–water partition coefficient (Wildman–Crippen LogP) is 3.85. The van der Waals surface area contributed by atoms with Gasteiger partial charge in [-0.3, -0.25) is 4.90 Å². The lowest BCUT2D eigenvalue weighted by Gasteiger charge is -2.30. The number of alkyl halides is 1. The highest BCUT2D eigenvalue weighted by Gasteiger charge is 2.36. The van der Waals surface area contributed by atoms with Gasteiger partial charge in [-0.15, -0.1) is 0 Å². The van der Waals surface area contributed by atoms with Gasteiger partial charge in [-0.05, 0) is 43.5 Å². The Morgan fingerprint density at radius 3 is 2.86 bits per heavy atom. The molecule has 1 fully saturated rings. The summed E-state index contributed by atoms with van der Waals surface area (Å²) in [5.74, 6) is 0.874. The molecule has 28 heavy (non-hydrogen) atoms. The van der Waals surface area contributed by atoms with E-state index in [1.54, 1.807) is 13.3 Å². The second kappa shape index (κ2) is 7.17. The fourth-order valence-corrected chi connectivity index (χ4v) is 4.84. The quantitative estimate of drug-likeness (QED) is 0.674. The molecule has 4 heterocycles. The molecule has 0 amide bonds. The number of ether oxygens (including phenoxy) is 1. The van der Waals surface area contributed by atoms with Crippen molar-refractivity contribution in [3.05, 3.63) is 53.0 Å². The fourth-order valence-electron chi connectivity index (χ4n) is 4.84. The van der Waals surface area contributed by atoms with Gasteiger partial charge in [0, 0.05) is 36.8 Å². The van der Waals surface area contributed by atoms with Crippen LogP contribution in [-0.4, -0.2) is 39.6 Å². The van der Waals surface area contributed by atoms with Crippen LogP contribution in [0, 0.1) is 0 Å². The summed E-state index contributed by atoms with van der Waals surface area (Å²) in [6, 6.07) is 8.65. The first-order chi connectivity index (χ1) is 13.8. The van der Waals surface area contributed by atoms with E-state index in [1.165, 1.54) is 23.2 Å². The molecule has 2 aliphatic rings. The zero-order valence-electron chi connectivity index (χ0n) is 16.2. The lowest BCUT2D eigenvalue weighted by atomic mass is 9.98. The number of aryl methyl sites for hydroxylation is 2. The molecule has 3 aromatic rings. The molecule has 0 spiro atoms. The summed E-state index contributed by atoms with van der Waals surface area (Å²) in [6.45, 7) is 2.53. The Morgan fingerprint density at radius 2 is 2.07 bits per heavy atom. The molecule has 2 aliphatic heterocycles. The van der Waals surface area contributed by atoms with E-state index in [2.05, 4.69) is 31.6 Å². The average molecular weight is 380 g/mol. The highest BCUT2D eigenvalue weighted by molar-refractivity contribution is 5.79. The first-order valence-electron chi connectivity index (χ1n) is 10.1. The minimum atomic E-state index is -0.566. The number of benzene rings is 1. The normalized spacial score (nSPS) is 19.0. The zero-order chi connectivity index (χ0) is 19.1. The zero-order valence-corrected chi connectivity index (χ0v) is 16.2. The van der Waals surface area contributed by atoms with Gasteiger partial charge in [-0.25, -0.2) is 14.4 Å². The largest absolute Gasteiger partial charge is 0.497 e. The standard InChI is InChI=1S/C22H25FN4O/c1-28-17-6-4-15(5-7-17)8-12-27-19-9-11-26-10-2-3-18(26)20(19)21-22(27)24-14-16(13-23)25-21/h4-7,14,18H,2-3,8-13H2,1H3. The molecular weight excluding hydrogens is 355 g/mol. The van der Waals surface area contributed by atoms with Gasteiger partial charge in [0.2, 0.25) is 0 Å². The molecule has 5 nitrogen and oxygen atoms in total. The monoisotopic (exact) mass is 380 g/mol. The molecule has 0 bridgehead atoms. The molecule has 1 atom stereocenters. The van der Waals surface area contributed by atoms with E-state index in [-0.39, 0.29) is 0 Å². The summed E-state index contributed by atoms with van der Waals surface area (Å²) in [7, 11) is 1.68. The highest BCUT2D eigenvalue weighted by Crippen LogP contribution is 2.42. The molecular formula is C22H25FN4O. The number of hydrogen-bond donors (Lipinski definition) is 0. The van der Waals surface area contributed by atoms with Gasteiger partial charge in [0.1, 0.15) is 17.9 Å². The Balaban J connectivity index is 1.54. The molecule has 0 N–H and O–H groups in total. The number of methoxy groups -OCH3 is 1. The van der Waals surface area contributed by atoms with Crippen molar-refractivity contribution in [3.8, 4) is 5.75 Å². The Kier molecular flexibility index (Phi) is 4.51. The number of fused-ring (bicyclic) bond motifs is 5. The second-order valence-corrected chi connectivity index (χ2v) is 7.72. The lowest BCUT2D eigenvalue weighted by molar-refractivity contribution is 0.241. The number of aromatic nitrogens is 3. The SMILES string of the molecule is COc1ccc(CCn2c3c(c4nc(CF)cnc42)C2CCCN2CC3)cc1. The summed E-state index contributed by atoms with van der Waals surface area (Å²) in [4.78, 5) is 11.9. The Morgan fingerprint density at radius 1 is 1.21 bits per heavy atom. The van der Waals surface area contributed by atoms with Gasteiger partial charge in [0.05, 0.1) is 19.0 Å². The van der Waals surface area contributed by atoms with E-state index in [4.69, 9.17) is 4.74 Å². The maximum atomic E-state index is 13.3. The molecule has 1 aromatic carbocycles. The Labute approximate surface area is 164 Å². The van der Waals surface area contributed by atoms with Crippen LogP contribution in [0.25, 0.3) is 11.2 Å². The van der Waals surface area contributed by atoms with Crippen LogP contribution in [0.4, 0.5) is 4.39 Å². The molecule has 0 saturated carbocycles. The van der Waals surface area contributed by atoms with Gasteiger partial charge in [0.25, 0.3) is 0 Å². The summed E-state index contributed by atoms with van der Waals surface area (Å²) in [5.41, 5.74) is 6.17. The van der Waals surface area contributed by atoms with E-state index in [0.717, 1.165) is 55.8 Å². The van der Waals surface area contributed by atoms with Crippen LogP contribution in [0.5, 0.6) is 5.75 Å². The van der Waals surface area contributed by atoms with Crippen molar-refractivity contribution in [2.75, 3.05) is 20.2 Å². The van der Waals surface area contributed by atoms with Gasteiger partial charge >= 0.3 is 0 Å². The van der Waals surface area contributed by atoms with E-state index in [0.29, 0.717) is 11.7 Å². The fraction of sp³-hybridized carbons (Fsp3) is 0.455. The number of hydrogen-bond acceptors (Lipinski definition) is 4. The first-order valence-corrected chi connectivity index (χ1v) is 10.1. The molecule has 1 unspecified atom stereocenters. The van der Waals surface area contributed by atoms with Crippen molar-refractivity contribution in [2.45, 2.75) is 44.9 Å². The van der Waals surface area contributed by atoms with Crippen LogP contribution in [0.3, 0.4) is 0 Å². The van der Waals surface area contributed by atoms with Crippen molar-refractivity contribution in [1.82, 2.24) is 19.4 Å². The molecule has 5 rings (SSSR count). The molecule has 1 saturated heterocycles. The number of rotatable bonds is 5. The van der Waals surface area contributed by atoms with Crippen LogP contribution in [0.15, 0.2) is 30.5 Å². The summed E-state index contributed by atoms with van der Waals surface area (Å²) in [5, 5.41) is 0. The van der Waals surface area contributed by atoms with Crippen molar-refractivity contribution in [2.24, 2.45) is 0 Å². The lowest BCUT2D eigenvalue weighted by Crippen LogP contribution is -2.31.